The molecule has 2 aromatic rings. The van der Waals surface area contributed by atoms with Crippen molar-refractivity contribution < 1.29 is 9.90 Å². The molecule has 0 fully saturated rings. The molecule has 1 aromatic carbocycles. The van der Waals surface area contributed by atoms with Gasteiger partial charge in [0, 0.05) is 6.04 Å². The molecule has 0 unspecified atom stereocenters. The summed E-state index contributed by atoms with van der Waals surface area (Å²) in [5.41, 5.74) is 1.31. The summed E-state index contributed by atoms with van der Waals surface area (Å²) in [7, 11) is 0. The first-order chi connectivity index (χ1) is 9.60. The fourth-order valence-electron chi connectivity index (χ4n) is 1.94. The molecule has 1 aromatic heterocycles. The van der Waals surface area contributed by atoms with Crippen LogP contribution in [0.2, 0.25) is 0 Å². The van der Waals surface area contributed by atoms with Crippen molar-refractivity contribution in [1.29, 1.82) is 0 Å². The average molecular weight is 274 g/mol. The number of rotatable bonds is 5. The van der Waals surface area contributed by atoms with E-state index >= 15 is 0 Å². The molecule has 20 heavy (non-hydrogen) atoms. The smallest absolute Gasteiger partial charge is 0.255 e. The molecule has 0 spiro atoms. The van der Waals surface area contributed by atoms with Gasteiger partial charge in [0.2, 0.25) is 0 Å². The van der Waals surface area contributed by atoms with Gasteiger partial charge in [0.15, 0.2) is 0 Å². The fraction of sp³-hybridized carbons (Fsp3) is 0.357. The van der Waals surface area contributed by atoms with E-state index in [9.17, 15) is 9.90 Å². The number of benzene rings is 1. The van der Waals surface area contributed by atoms with Crippen molar-refractivity contribution >= 4 is 5.91 Å². The highest BCUT2D eigenvalue weighted by Gasteiger charge is 2.14. The SMILES string of the molecule is CCc1ccc(O)c(C(=O)N[C@H](C)Cn2cncn2)c1. The highest BCUT2D eigenvalue weighted by atomic mass is 16.3. The zero-order valence-corrected chi connectivity index (χ0v) is 11.6. The van der Waals surface area contributed by atoms with Crippen molar-refractivity contribution in [2.75, 3.05) is 0 Å². The Morgan fingerprint density at radius 3 is 2.95 bits per heavy atom. The van der Waals surface area contributed by atoms with Crippen molar-refractivity contribution in [2.45, 2.75) is 32.9 Å². The lowest BCUT2D eigenvalue weighted by Crippen LogP contribution is -2.35. The third-order valence-electron chi connectivity index (χ3n) is 3.02. The molecule has 2 rings (SSSR count). The van der Waals surface area contributed by atoms with Gasteiger partial charge >= 0.3 is 0 Å². The molecule has 1 heterocycles. The Bertz CT molecular complexity index is 581. The maximum absolute atomic E-state index is 12.2. The second-order valence-electron chi connectivity index (χ2n) is 4.70. The van der Waals surface area contributed by atoms with Crippen LogP contribution in [0.5, 0.6) is 5.75 Å². The highest BCUT2D eigenvalue weighted by molar-refractivity contribution is 5.97. The van der Waals surface area contributed by atoms with Crippen LogP contribution in [0.25, 0.3) is 0 Å². The number of carbonyl (C=O) groups excluding carboxylic acids is 1. The fourth-order valence-corrected chi connectivity index (χ4v) is 1.94. The standard InChI is InChI=1S/C14H18N4O2/c1-3-11-4-5-13(19)12(6-11)14(20)17-10(2)7-18-9-15-8-16-18/h4-6,8-10,19H,3,7H2,1-2H3,(H,17,20)/t10-/m1/s1. The number of amides is 1. The van der Waals surface area contributed by atoms with Crippen LogP contribution in [0, 0.1) is 0 Å². The molecule has 0 aliphatic rings. The average Bonchev–Trinajstić information content (AvgIpc) is 2.91. The number of carbonyl (C=O) groups is 1. The lowest BCUT2D eigenvalue weighted by molar-refractivity contribution is 0.0933. The first-order valence-corrected chi connectivity index (χ1v) is 6.55. The molecular weight excluding hydrogens is 256 g/mol. The van der Waals surface area contributed by atoms with Crippen molar-refractivity contribution in [3.8, 4) is 5.75 Å². The third kappa shape index (κ3) is 3.34. The Kier molecular flexibility index (Phi) is 4.34. The largest absolute Gasteiger partial charge is 0.507 e. The Morgan fingerprint density at radius 2 is 2.30 bits per heavy atom. The predicted molar refractivity (Wildman–Crippen MR) is 74.4 cm³/mol. The molecule has 6 heteroatoms. The summed E-state index contributed by atoms with van der Waals surface area (Å²) in [5, 5.41) is 16.6. The van der Waals surface area contributed by atoms with E-state index in [2.05, 4.69) is 15.4 Å². The van der Waals surface area contributed by atoms with Crippen LogP contribution in [-0.4, -0.2) is 31.8 Å². The predicted octanol–water partition coefficient (Wildman–Crippen LogP) is 1.36. The number of nitrogens with zero attached hydrogens (tertiary/aromatic N) is 3. The zero-order chi connectivity index (χ0) is 14.5. The molecule has 1 amide bonds. The van der Waals surface area contributed by atoms with E-state index in [1.165, 1.54) is 6.33 Å². The number of hydrogen-bond donors (Lipinski definition) is 2. The summed E-state index contributed by atoms with van der Waals surface area (Å²) in [5.74, 6) is -0.293. The highest BCUT2D eigenvalue weighted by Crippen LogP contribution is 2.18. The van der Waals surface area contributed by atoms with Crippen LogP contribution in [-0.2, 0) is 13.0 Å². The Balaban J connectivity index is 2.04. The van der Waals surface area contributed by atoms with Crippen molar-refractivity contribution in [3.63, 3.8) is 0 Å². The quantitative estimate of drug-likeness (QED) is 0.863. The molecule has 0 aliphatic carbocycles. The number of phenolic OH excluding ortho intramolecular Hbond substituents is 1. The summed E-state index contributed by atoms with van der Waals surface area (Å²) in [4.78, 5) is 16.0. The van der Waals surface area contributed by atoms with Crippen LogP contribution < -0.4 is 5.32 Å². The van der Waals surface area contributed by atoms with E-state index in [0.29, 0.717) is 12.1 Å². The zero-order valence-electron chi connectivity index (χ0n) is 11.6. The minimum atomic E-state index is -0.287. The molecule has 0 radical (unpaired) electrons. The minimum Gasteiger partial charge on any atom is -0.507 e. The lowest BCUT2D eigenvalue weighted by atomic mass is 10.1. The number of hydrogen-bond acceptors (Lipinski definition) is 4. The summed E-state index contributed by atoms with van der Waals surface area (Å²) in [6.45, 7) is 4.40. The Hall–Kier alpha value is -2.37. The second-order valence-corrected chi connectivity index (χ2v) is 4.70. The molecule has 0 aliphatic heterocycles. The van der Waals surface area contributed by atoms with Gasteiger partial charge in [-0.05, 0) is 31.0 Å². The summed E-state index contributed by atoms with van der Waals surface area (Å²) in [6, 6.07) is 4.96. The second kappa shape index (κ2) is 6.18. The van der Waals surface area contributed by atoms with E-state index in [4.69, 9.17) is 0 Å². The van der Waals surface area contributed by atoms with E-state index < -0.39 is 0 Å². The van der Waals surface area contributed by atoms with Gasteiger partial charge in [-0.25, -0.2) is 4.98 Å². The number of aromatic hydroxyl groups is 1. The van der Waals surface area contributed by atoms with Crippen LogP contribution in [0.3, 0.4) is 0 Å². The maximum atomic E-state index is 12.2. The van der Waals surface area contributed by atoms with E-state index in [1.807, 2.05) is 19.9 Å². The molecule has 6 nitrogen and oxygen atoms in total. The summed E-state index contributed by atoms with van der Waals surface area (Å²) in [6.07, 6.45) is 3.86. The van der Waals surface area contributed by atoms with Gasteiger partial charge in [-0.3, -0.25) is 9.48 Å². The third-order valence-corrected chi connectivity index (χ3v) is 3.02. The summed E-state index contributed by atoms with van der Waals surface area (Å²) >= 11 is 0. The summed E-state index contributed by atoms with van der Waals surface area (Å²) < 4.78 is 1.65. The number of aromatic nitrogens is 3. The molecular formula is C14H18N4O2. The van der Waals surface area contributed by atoms with E-state index in [0.717, 1.165) is 12.0 Å². The molecule has 0 bridgehead atoms. The topological polar surface area (TPSA) is 80.0 Å². The van der Waals surface area contributed by atoms with E-state index in [1.54, 1.807) is 23.1 Å². The molecule has 2 N–H and O–H groups in total. The van der Waals surface area contributed by atoms with Crippen LogP contribution in [0.15, 0.2) is 30.9 Å². The van der Waals surface area contributed by atoms with Crippen LogP contribution >= 0.6 is 0 Å². The first-order valence-electron chi connectivity index (χ1n) is 6.55. The van der Waals surface area contributed by atoms with Gasteiger partial charge in [-0.1, -0.05) is 13.0 Å². The van der Waals surface area contributed by atoms with Gasteiger partial charge < -0.3 is 10.4 Å². The van der Waals surface area contributed by atoms with Crippen molar-refractivity contribution in [2.24, 2.45) is 0 Å². The van der Waals surface area contributed by atoms with Gasteiger partial charge in [-0.15, -0.1) is 0 Å². The number of phenols is 1. The minimum absolute atomic E-state index is 0.00680. The van der Waals surface area contributed by atoms with Crippen LogP contribution in [0.4, 0.5) is 0 Å². The van der Waals surface area contributed by atoms with Gasteiger partial charge in [0.05, 0.1) is 12.1 Å². The van der Waals surface area contributed by atoms with Gasteiger partial charge in [-0.2, -0.15) is 5.10 Å². The van der Waals surface area contributed by atoms with Gasteiger partial charge in [0.25, 0.3) is 5.91 Å². The number of nitrogens with one attached hydrogen (secondary N) is 1. The van der Waals surface area contributed by atoms with Crippen molar-refractivity contribution in [3.05, 3.63) is 42.0 Å². The Morgan fingerprint density at radius 1 is 1.50 bits per heavy atom. The number of aryl methyl sites for hydroxylation is 1. The Labute approximate surface area is 117 Å². The molecule has 0 saturated carbocycles. The maximum Gasteiger partial charge on any atom is 0.255 e. The molecule has 106 valence electrons. The lowest BCUT2D eigenvalue weighted by Gasteiger charge is -2.14. The van der Waals surface area contributed by atoms with E-state index in [-0.39, 0.29) is 17.7 Å². The van der Waals surface area contributed by atoms with Crippen molar-refractivity contribution in [1.82, 2.24) is 20.1 Å². The first kappa shape index (κ1) is 14.0. The normalized spacial score (nSPS) is 12.1. The van der Waals surface area contributed by atoms with Crippen LogP contribution in [0.1, 0.15) is 29.8 Å². The van der Waals surface area contributed by atoms with Gasteiger partial charge in [0.1, 0.15) is 18.4 Å². The molecule has 1 atom stereocenters. The molecule has 0 saturated heterocycles. The monoisotopic (exact) mass is 274 g/mol.